The number of furan rings is 1. The van der Waals surface area contributed by atoms with Gasteiger partial charge in [-0.2, -0.15) is 0 Å². The van der Waals surface area contributed by atoms with E-state index in [9.17, 15) is 24.5 Å². The predicted molar refractivity (Wildman–Crippen MR) is 123 cm³/mol. The first-order valence-corrected chi connectivity index (χ1v) is 10.6. The van der Waals surface area contributed by atoms with Crippen molar-refractivity contribution in [2.45, 2.75) is 6.92 Å². The molecule has 0 atom stereocenters. The maximum Gasteiger partial charge on any atom is 0.294 e. The van der Waals surface area contributed by atoms with Gasteiger partial charge in [-0.25, -0.2) is 0 Å². The zero-order valence-electron chi connectivity index (χ0n) is 17.3. The van der Waals surface area contributed by atoms with Crippen LogP contribution >= 0.6 is 11.8 Å². The van der Waals surface area contributed by atoms with Gasteiger partial charge in [-0.3, -0.25) is 29.4 Å². The number of carbonyl (C=O) groups is 3. The number of rotatable bonds is 6. The van der Waals surface area contributed by atoms with Crippen LogP contribution in [0.25, 0.3) is 17.4 Å². The topological polar surface area (TPSA) is 123 Å². The van der Waals surface area contributed by atoms with Crippen molar-refractivity contribution in [3.8, 4) is 11.3 Å². The third kappa shape index (κ3) is 4.85. The monoisotopic (exact) mass is 463 g/mol. The molecule has 2 aromatic carbocycles. The summed E-state index contributed by atoms with van der Waals surface area (Å²) in [5, 5.41) is 13.3. The highest BCUT2D eigenvalue weighted by atomic mass is 32.2. The number of amides is 3. The molecule has 3 aromatic rings. The van der Waals surface area contributed by atoms with Crippen LogP contribution in [0.15, 0.2) is 70.0 Å². The second kappa shape index (κ2) is 9.13. The summed E-state index contributed by atoms with van der Waals surface area (Å²) in [6.45, 7) is 1.50. The molecule has 33 heavy (non-hydrogen) atoms. The number of aryl methyl sites for hydroxylation is 1. The highest BCUT2D eigenvalue weighted by Gasteiger charge is 2.36. The molecule has 4 rings (SSSR count). The molecule has 1 N–H and O–H groups in total. The Kier molecular flexibility index (Phi) is 6.09. The lowest BCUT2D eigenvalue weighted by molar-refractivity contribution is -0.384. The van der Waals surface area contributed by atoms with Crippen molar-refractivity contribution >= 4 is 46.3 Å². The molecule has 1 fully saturated rings. The summed E-state index contributed by atoms with van der Waals surface area (Å²) in [6.07, 6.45) is 1.38. The molecule has 1 aliphatic rings. The van der Waals surface area contributed by atoms with Crippen LogP contribution in [0.3, 0.4) is 0 Å². The van der Waals surface area contributed by atoms with Gasteiger partial charge in [0, 0.05) is 17.8 Å². The molecule has 0 saturated carbocycles. The van der Waals surface area contributed by atoms with Crippen molar-refractivity contribution in [3.63, 3.8) is 0 Å². The number of anilines is 1. The van der Waals surface area contributed by atoms with Gasteiger partial charge in [0.25, 0.3) is 16.8 Å². The molecular formula is C23H17N3O6S. The quantitative estimate of drug-likeness (QED) is 0.315. The minimum atomic E-state index is -0.618. The van der Waals surface area contributed by atoms with Crippen molar-refractivity contribution in [2.75, 3.05) is 11.9 Å². The third-order valence-corrected chi connectivity index (χ3v) is 5.68. The summed E-state index contributed by atoms with van der Waals surface area (Å²) in [5.74, 6) is -0.616. The number of imide groups is 1. The number of hydrogen-bond acceptors (Lipinski definition) is 7. The molecule has 0 spiro atoms. The van der Waals surface area contributed by atoms with E-state index in [2.05, 4.69) is 5.32 Å². The maximum absolute atomic E-state index is 12.7. The van der Waals surface area contributed by atoms with E-state index < -0.39 is 28.5 Å². The van der Waals surface area contributed by atoms with Gasteiger partial charge in [-0.15, -0.1) is 0 Å². The number of para-hydroxylation sites is 1. The number of nitro benzene ring substituents is 1. The first-order chi connectivity index (χ1) is 15.8. The number of hydrogen-bond donors (Lipinski definition) is 1. The average molecular weight is 463 g/mol. The smallest absolute Gasteiger partial charge is 0.294 e. The van der Waals surface area contributed by atoms with Crippen LogP contribution in [0.5, 0.6) is 0 Å². The molecule has 1 saturated heterocycles. The number of benzene rings is 2. The highest BCUT2D eigenvalue weighted by Crippen LogP contribution is 2.35. The van der Waals surface area contributed by atoms with E-state index in [-0.39, 0.29) is 22.1 Å². The van der Waals surface area contributed by atoms with E-state index in [1.54, 1.807) is 42.5 Å². The van der Waals surface area contributed by atoms with Gasteiger partial charge in [0.15, 0.2) is 0 Å². The number of nitrogens with one attached hydrogen (secondary N) is 1. The fourth-order valence-electron chi connectivity index (χ4n) is 3.16. The SMILES string of the molecule is Cc1ccc(NC(=O)CN2C(=O)S/C(=C/c3ccc(-c4ccccc4[N+](=O)[O-])o3)C2=O)cc1. The molecule has 0 radical (unpaired) electrons. The van der Waals surface area contributed by atoms with Crippen molar-refractivity contribution in [3.05, 3.63) is 87.0 Å². The summed E-state index contributed by atoms with van der Waals surface area (Å²) in [7, 11) is 0. The summed E-state index contributed by atoms with van der Waals surface area (Å²) >= 11 is 0.690. The Balaban J connectivity index is 1.48. The lowest BCUT2D eigenvalue weighted by Gasteiger charge is -2.12. The lowest BCUT2D eigenvalue weighted by atomic mass is 10.1. The largest absolute Gasteiger partial charge is 0.456 e. The van der Waals surface area contributed by atoms with Gasteiger partial charge in [0.05, 0.1) is 15.4 Å². The molecular weight excluding hydrogens is 446 g/mol. The summed E-state index contributed by atoms with van der Waals surface area (Å²) in [4.78, 5) is 49.0. The molecule has 166 valence electrons. The zero-order chi connectivity index (χ0) is 23.5. The van der Waals surface area contributed by atoms with E-state index in [0.29, 0.717) is 23.0 Å². The highest BCUT2D eigenvalue weighted by molar-refractivity contribution is 8.18. The minimum Gasteiger partial charge on any atom is -0.456 e. The van der Waals surface area contributed by atoms with Crippen LogP contribution in [-0.4, -0.2) is 33.4 Å². The van der Waals surface area contributed by atoms with Crippen molar-refractivity contribution in [1.82, 2.24) is 4.90 Å². The molecule has 0 bridgehead atoms. The Hall–Kier alpha value is -4.18. The van der Waals surface area contributed by atoms with Crippen molar-refractivity contribution in [2.24, 2.45) is 0 Å². The summed E-state index contributed by atoms with van der Waals surface area (Å²) < 4.78 is 5.66. The van der Waals surface area contributed by atoms with Gasteiger partial charge in [0.1, 0.15) is 18.1 Å². The number of carbonyl (C=O) groups excluding carboxylic acids is 3. The maximum atomic E-state index is 12.7. The molecule has 3 amide bonds. The lowest BCUT2D eigenvalue weighted by Crippen LogP contribution is -2.36. The van der Waals surface area contributed by atoms with Gasteiger partial charge >= 0.3 is 0 Å². The van der Waals surface area contributed by atoms with E-state index in [1.807, 2.05) is 19.1 Å². The molecule has 2 heterocycles. The Morgan fingerprint density at radius 1 is 1.12 bits per heavy atom. The summed E-state index contributed by atoms with van der Waals surface area (Å²) in [5.41, 5.74) is 1.78. The zero-order valence-corrected chi connectivity index (χ0v) is 18.1. The minimum absolute atomic E-state index is 0.0894. The Bertz CT molecular complexity index is 1300. The van der Waals surface area contributed by atoms with Gasteiger partial charge in [-0.05, 0) is 49.0 Å². The Morgan fingerprint density at radius 2 is 1.85 bits per heavy atom. The van der Waals surface area contributed by atoms with E-state index >= 15 is 0 Å². The number of nitro groups is 1. The Morgan fingerprint density at radius 3 is 2.58 bits per heavy atom. The van der Waals surface area contributed by atoms with Crippen LogP contribution in [0, 0.1) is 17.0 Å². The van der Waals surface area contributed by atoms with Crippen LogP contribution < -0.4 is 5.32 Å². The van der Waals surface area contributed by atoms with Crippen LogP contribution in [0.4, 0.5) is 16.2 Å². The average Bonchev–Trinajstić information content (AvgIpc) is 3.35. The normalized spacial score (nSPS) is 14.7. The van der Waals surface area contributed by atoms with Crippen molar-refractivity contribution < 1.29 is 23.7 Å². The fourth-order valence-corrected chi connectivity index (χ4v) is 3.98. The van der Waals surface area contributed by atoms with Crippen molar-refractivity contribution in [1.29, 1.82) is 0 Å². The second-order valence-electron chi connectivity index (χ2n) is 7.16. The fraction of sp³-hybridized carbons (Fsp3) is 0.0870. The molecule has 1 aliphatic heterocycles. The van der Waals surface area contributed by atoms with E-state index in [1.165, 1.54) is 12.1 Å². The Labute approximate surface area is 192 Å². The summed E-state index contributed by atoms with van der Waals surface area (Å²) in [6, 6.07) is 16.3. The van der Waals surface area contributed by atoms with Crippen LogP contribution in [0.2, 0.25) is 0 Å². The van der Waals surface area contributed by atoms with E-state index in [4.69, 9.17) is 4.42 Å². The van der Waals surface area contributed by atoms with E-state index in [0.717, 1.165) is 10.5 Å². The standard InChI is InChI=1S/C23H17N3O6S/c1-14-6-8-15(9-7-14)24-21(27)13-25-22(28)20(33-23(25)29)12-16-10-11-19(32-16)17-4-2-3-5-18(17)26(30)31/h2-12H,13H2,1H3,(H,24,27)/b20-12+. The first kappa shape index (κ1) is 22.0. The van der Waals surface area contributed by atoms with Gasteiger partial charge < -0.3 is 9.73 Å². The molecule has 9 nitrogen and oxygen atoms in total. The molecule has 1 aromatic heterocycles. The molecule has 0 unspecified atom stereocenters. The third-order valence-electron chi connectivity index (χ3n) is 4.78. The number of nitrogens with zero attached hydrogens (tertiary/aromatic N) is 2. The molecule has 0 aliphatic carbocycles. The van der Waals surface area contributed by atoms with Crippen LogP contribution in [-0.2, 0) is 9.59 Å². The van der Waals surface area contributed by atoms with Crippen LogP contribution in [0.1, 0.15) is 11.3 Å². The predicted octanol–water partition coefficient (Wildman–Crippen LogP) is 4.84. The second-order valence-corrected chi connectivity index (χ2v) is 8.15. The number of thioether (sulfide) groups is 1. The first-order valence-electron chi connectivity index (χ1n) is 9.77. The molecule has 10 heteroatoms. The van der Waals surface area contributed by atoms with Gasteiger partial charge in [-0.1, -0.05) is 29.8 Å². The van der Waals surface area contributed by atoms with Gasteiger partial charge in [0.2, 0.25) is 5.91 Å².